The van der Waals surface area contributed by atoms with Crippen molar-refractivity contribution in [2.45, 2.75) is 19.4 Å². The van der Waals surface area contributed by atoms with Crippen molar-refractivity contribution in [2.24, 2.45) is 0 Å². The van der Waals surface area contributed by atoms with E-state index in [0.717, 1.165) is 6.07 Å². The Morgan fingerprint density at radius 3 is 2.82 bits per heavy atom. The highest BCUT2D eigenvalue weighted by atomic mass is 19.1. The maximum absolute atomic E-state index is 13.2. The summed E-state index contributed by atoms with van der Waals surface area (Å²) in [4.78, 5) is 11.0. The number of anilines is 2. The second kappa shape index (κ2) is 5.21. The second-order valence-electron chi connectivity index (χ2n) is 3.46. The van der Waals surface area contributed by atoms with Crippen LogP contribution in [-0.2, 0) is 0 Å². The summed E-state index contributed by atoms with van der Waals surface area (Å²) >= 11 is 0. The topological polar surface area (TPSA) is 75.3 Å². The molecule has 0 fully saturated rings. The molecule has 1 unspecified atom stereocenters. The Labute approximate surface area is 98.6 Å². The number of nitrogens with two attached hydrogens (primary N) is 1. The van der Waals surface area contributed by atoms with Crippen molar-refractivity contribution in [2.75, 3.05) is 11.1 Å². The lowest BCUT2D eigenvalue weighted by atomic mass is 10.1. The van der Waals surface area contributed by atoms with Gasteiger partial charge in [-0.05, 0) is 18.6 Å². The lowest BCUT2D eigenvalue weighted by Crippen LogP contribution is -2.19. The van der Waals surface area contributed by atoms with Gasteiger partial charge in [0.25, 0.3) is 0 Å². The largest absolute Gasteiger partial charge is 0.478 e. The zero-order valence-corrected chi connectivity index (χ0v) is 9.33. The van der Waals surface area contributed by atoms with Crippen molar-refractivity contribution in [1.82, 2.24) is 0 Å². The third-order valence-electron chi connectivity index (χ3n) is 2.35. The van der Waals surface area contributed by atoms with Crippen LogP contribution < -0.4 is 11.1 Å². The molecule has 90 valence electrons. The van der Waals surface area contributed by atoms with Gasteiger partial charge in [0.2, 0.25) is 0 Å². The van der Waals surface area contributed by atoms with Crippen LogP contribution in [0, 0.1) is 18.2 Å². The first kappa shape index (κ1) is 12.8. The fourth-order valence-electron chi connectivity index (χ4n) is 1.39. The van der Waals surface area contributed by atoms with Gasteiger partial charge >= 0.3 is 5.97 Å². The van der Waals surface area contributed by atoms with Crippen LogP contribution in [0.25, 0.3) is 0 Å². The standard InChI is InChI=1S/C12H13FN2O2/c1-3-7(4-2)15-9-6-5-8(13)11(14)10(9)12(16)17/h1,5-7,15H,4,14H2,2H3,(H,16,17). The van der Waals surface area contributed by atoms with E-state index in [-0.39, 0.29) is 17.3 Å². The quantitative estimate of drug-likeness (QED) is 0.551. The number of hydrogen-bond donors (Lipinski definition) is 3. The number of carbonyl (C=O) groups is 1. The first-order valence-electron chi connectivity index (χ1n) is 5.05. The summed E-state index contributed by atoms with van der Waals surface area (Å²) in [6, 6.07) is 2.10. The normalized spacial score (nSPS) is 11.6. The van der Waals surface area contributed by atoms with Crippen LogP contribution in [0.15, 0.2) is 12.1 Å². The molecule has 0 saturated heterocycles. The highest BCUT2D eigenvalue weighted by molar-refractivity contribution is 6.00. The number of benzene rings is 1. The molecule has 1 rings (SSSR count). The summed E-state index contributed by atoms with van der Waals surface area (Å²) in [5.74, 6) is 0.404. The number of terminal acetylenes is 1. The maximum atomic E-state index is 13.2. The number of nitrogens with one attached hydrogen (secondary N) is 1. The fraction of sp³-hybridized carbons (Fsp3) is 0.250. The molecule has 0 aromatic heterocycles. The van der Waals surface area contributed by atoms with E-state index in [9.17, 15) is 9.18 Å². The molecule has 1 aromatic carbocycles. The summed E-state index contributed by atoms with van der Waals surface area (Å²) in [6.07, 6.45) is 5.88. The maximum Gasteiger partial charge on any atom is 0.340 e. The van der Waals surface area contributed by atoms with E-state index in [0.29, 0.717) is 6.42 Å². The van der Waals surface area contributed by atoms with Crippen LogP contribution in [0.5, 0.6) is 0 Å². The first-order chi connectivity index (χ1) is 8.01. The van der Waals surface area contributed by atoms with Gasteiger partial charge in [-0.25, -0.2) is 9.18 Å². The van der Waals surface area contributed by atoms with Gasteiger partial charge in [-0.3, -0.25) is 0 Å². The minimum absolute atomic E-state index is 0.223. The number of halogens is 1. The predicted molar refractivity (Wildman–Crippen MR) is 64.3 cm³/mol. The summed E-state index contributed by atoms with van der Waals surface area (Å²) in [5, 5.41) is 11.8. The average Bonchev–Trinajstić information content (AvgIpc) is 2.30. The summed E-state index contributed by atoms with van der Waals surface area (Å²) in [6.45, 7) is 1.85. The van der Waals surface area contributed by atoms with Crippen molar-refractivity contribution in [3.63, 3.8) is 0 Å². The number of carboxylic acids is 1. The Balaban J connectivity index is 3.21. The van der Waals surface area contributed by atoms with Gasteiger partial charge in [-0.2, -0.15) is 0 Å². The van der Waals surface area contributed by atoms with E-state index in [1.54, 1.807) is 0 Å². The Bertz CT molecular complexity index is 480. The minimum Gasteiger partial charge on any atom is -0.478 e. The summed E-state index contributed by atoms with van der Waals surface area (Å²) < 4.78 is 13.2. The number of hydrogen-bond acceptors (Lipinski definition) is 3. The van der Waals surface area contributed by atoms with Crippen LogP contribution in [0.4, 0.5) is 15.8 Å². The molecule has 4 nitrogen and oxygen atoms in total. The smallest absolute Gasteiger partial charge is 0.340 e. The molecule has 5 heteroatoms. The number of aromatic carboxylic acids is 1. The van der Waals surface area contributed by atoms with Crippen LogP contribution in [0.1, 0.15) is 23.7 Å². The summed E-state index contributed by atoms with van der Waals surface area (Å²) in [7, 11) is 0. The van der Waals surface area contributed by atoms with Gasteiger partial charge in [-0.15, -0.1) is 6.42 Å². The van der Waals surface area contributed by atoms with Gasteiger partial charge < -0.3 is 16.2 Å². The molecule has 0 amide bonds. The van der Waals surface area contributed by atoms with E-state index in [1.807, 2.05) is 6.92 Å². The molecule has 0 aliphatic rings. The van der Waals surface area contributed by atoms with Gasteiger partial charge in [0, 0.05) is 0 Å². The average molecular weight is 236 g/mol. The minimum atomic E-state index is -1.30. The van der Waals surface area contributed by atoms with Gasteiger partial charge in [-0.1, -0.05) is 12.8 Å². The first-order valence-corrected chi connectivity index (χ1v) is 5.05. The van der Waals surface area contributed by atoms with Crippen molar-refractivity contribution in [1.29, 1.82) is 0 Å². The number of carboxylic acid groups (broad SMARTS) is 1. The van der Waals surface area contributed by atoms with Crippen molar-refractivity contribution >= 4 is 17.3 Å². The molecule has 0 aliphatic carbocycles. The van der Waals surface area contributed by atoms with Crippen LogP contribution in [0.3, 0.4) is 0 Å². The Kier molecular flexibility index (Phi) is 3.94. The Morgan fingerprint density at radius 1 is 1.71 bits per heavy atom. The Morgan fingerprint density at radius 2 is 2.35 bits per heavy atom. The molecule has 0 saturated carbocycles. The highest BCUT2D eigenvalue weighted by Crippen LogP contribution is 2.25. The molecule has 0 radical (unpaired) electrons. The monoisotopic (exact) mass is 236 g/mol. The molecular formula is C12H13FN2O2. The number of rotatable bonds is 4. The molecule has 0 bridgehead atoms. The van der Waals surface area contributed by atoms with Crippen LogP contribution in [0.2, 0.25) is 0 Å². The predicted octanol–water partition coefficient (Wildman–Crippen LogP) is 1.93. The van der Waals surface area contributed by atoms with Crippen LogP contribution in [-0.4, -0.2) is 17.1 Å². The third-order valence-corrected chi connectivity index (χ3v) is 2.35. The van der Waals surface area contributed by atoms with Crippen molar-refractivity contribution < 1.29 is 14.3 Å². The zero-order valence-electron chi connectivity index (χ0n) is 9.33. The van der Waals surface area contributed by atoms with Gasteiger partial charge in [0.05, 0.1) is 17.4 Å². The molecular weight excluding hydrogens is 223 g/mol. The molecule has 0 heterocycles. The third kappa shape index (κ3) is 2.67. The highest BCUT2D eigenvalue weighted by Gasteiger charge is 2.18. The number of nitrogen functional groups attached to an aromatic ring is 1. The molecule has 0 spiro atoms. The van der Waals surface area contributed by atoms with E-state index in [1.165, 1.54) is 6.07 Å². The van der Waals surface area contributed by atoms with E-state index >= 15 is 0 Å². The van der Waals surface area contributed by atoms with Gasteiger partial charge in [0.15, 0.2) is 0 Å². The SMILES string of the molecule is C#CC(CC)Nc1ccc(F)c(N)c1C(=O)O. The lowest BCUT2D eigenvalue weighted by molar-refractivity contribution is 0.0698. The van der Waals surface area contributed by atoms with Crippen molar-refractivity contribution in [3.8, 4) is 12.3 Å². The van der Waals surface area contributed by atoms with Crippen LogP contribution >= 0.6 is 0 Å². The Hall–Kier alpha value is -2.22. The molecule has 0 aliphatic heterocycles. The fourth-order valence-corrected chi connectivity index (χ4v) is 1.39. The van der Waals surface area contributed by atoms with E-state index in [2.05, 4.69) is 11.2 Å². The molecule has 17 heavy (non-hydrogen) atoms. The molecule has 1 aromatic rings. The van der Waals surface area contributed by atoms with E-state index < -0.39 is 17.5 Å². The molecule has 4 N–H and O–H groups in total. The van der Waals surface area contributed by atoms with Crippen molar-refractivity contribution in [3.05, 3.63) is 23.5 Å². The van der Waals surface area contributed by atoms with Gasteiger partial charge in [0.1, 0.15) is 11.4 Å². The second-order valence-corrected chi connectivity index (χ2v) is 3.46. The molecule has 1 atom stereocenters. The summed E-state index contributed by atoms with van der Waals surface area (Å²) in [5.41, 5.74) is 4.93. The lowest BCUT2D eigenvalue weighted by Gasteiger charge is -2.15. The van der Waals surface area contributed by atoms with E-state index in [4.69, 9.17) is 17.3 Å². The zero-order chi connectivity index (χ0) is 13.0.